The van der Waals surface area contributed by atoms with Crippen molar-refractivity contribution in [3.63, 3.8) is 0 Å². The molecule has 3 heteroatoms. The highest BCUT2D eigenvalue weighted by molar-refractivity contribution is 5.73. The first kappa shape index (κ1) is 17.1. The van der Waals surface area contributed by atoms with E-state index in [9.17, 15) is 0 Å². The third-order valence-corrected chi connectivity index (χ3v) is 4.93. The fraction of sp³-hybridized carbons (Fsp3) is 0.125. The number of aryl methyl sites for hydroxylation is 2. The molecule has 3 nitrogen and oxygen atoms in total. The Labute approximate surface area is 160 Å². The van der Waals surface area contributed by atoms with Gasteiger partial charge in [0.2, 0.25) is 0 Å². The number of benzene rings is 3. The highest BCUT2D eigenvalue weighted by atomic mass is 15.3. The molecule has 0 aliphatic heterocycles. The molecule has 1 aromatic heterocycles. The zero-order valence-electron chi connectivity index (χ0n) is 15.9. The lowest BCUT2D eigenvalue weighted by atomic mass is 10.1. The molecule has 0 N–H and O–H groups in total. The average Bonchev–Trinajstić information content (AvgIpc) is 3.19. The standard InChI is InChI=1S/C24H23N3/c1-18-9-13-21(14-10-18)26(3)24-17-20(12-11-19(24)2)23-15-16-25-27(23)22-7-5-4-6-8-22/h4-17H,1-3H3. The maximum atomic E-state index is 4.53. The van der Waals surface area contributed by atoms with Gasteiger partial charge in [-0.05, 0) is 55.8 Å². The Morgan fingerprint density at radius 1 is 0.815 bits per heavy atom. The summed E-state index contributed by atoms with van der Waals surface area (Å²) in [6, 6.07) is 27.5. The van der Waals surface area contributed by atoms with Gasteiger partial charge in [0.1, 0.15) is 0 Å². The molecule has 1 heterocycles. The van der Waals surface area contributed by atoms with Gasteiger partial charge < -0.3 is 4.90 Å². The molecule has 0 radical (unpaired) electrons. The van der Waals surface area contributed by atoms with Crippen LogP contribution in [0.1, 0.15) is 11.1 Å². The third kappa shape index (κ3) is 3.36. The molecule has 4 aromatic rings. The van der Waals surface area contributed by atoms with Crippen LogP contribution in [0.15, 0.2) is 85.1 Å². The fourth-order valence-electron chi connectivity index (χ4n) is 3.33. The summed E-state index contributed by atoms with van der Waals surface area (Å²) in [4.78, 5) is 2.24. The first-order chi connectivity index (χ1) is 13.1. The summed E-state index contributed by atoms with van der Waals surface area (Å²) in [5.74, 6) is 0. The van der Waals surface area contributed by atoms with E-state index < -0.39 is 0 Å². The van der Waals surface area contributed by atoms with Crippen LogP contribution in [0.25, 0.3) is 16.9 Å². The Hall–Kier alpha value is -3.33. The third-order valence-electron chi connectivity index (χ3n) is 4.93. The molecule has 134 valence electrons. The van der Waals surface area contributed by atoms with E-state index in [1.54, 1.807) is 0 Å². The van der Waals surface area contributed by atoms with E-state index in [2.05, 4.69) is 91.6 Å². The van der Waals surface area contributed by atoms with Crippen molar-refractivity contribution in [2.24, 2.45) is 0 Å². The Kier molecular flexibility index (Phi) is 4.51. The molecule has 4 rings (SSSR count). The molecule has 0 aliphatic rings. The monoisotopic (exact) mass is 353 g/mol. The number of nitrogens with zero attached hydrogens (tertiary/aromatic N) is 3. The van der Waals surface area contributed by atoms with Crippen LogP contribution in [0, 0.1) is 13.8 Å². The van der Waals surface area contributed by atoms with Gasteiger partial charge in [-0.2, -0.15) is 5.10 Å². The molecule has 0 unspecified atom stereocenters. The van der Waals surface area contributed by atoms with Gasteiger partial charge in [-0.15, -0.1) is 0 Å². The van der Waals surface area contributed by atoms with E-state index in [1.807, 2.05) is 29.1 Å². The van der Waals surface area contributed by atoms with Crippen molar-refractivity contribution < 1.29 is 0 Å². The first-order valence-electron chi connectivity index (χ1n) is 9.14. The van der Waals surface area contributed by atoms with E-state index in [1.165, 1.54) is 22.5 Å². The number of rotatable bonds is 4. The van der Waals surface area contributed by atoms with Gasteiger partial charge in [0, 0.05) is 24.0 Å². The lowest BCUT2D eigenvalue weighted by Gasteiger charge is -2.23. The highest BCUT2D eigenvalue weighted by Crippen LogP contribution is 2.32. The van der Waals surface area contributed by atoms with Gasteiger partial charge in [-0.1, -0.05) is 48.0 Å². The van der Waals surface area contributed by atoms with Gasteiger partial charge in [0.25, 0.3) is 0 Å². The second kappa shape index (κ2) is 7.12. The van der Waals surface area contributed by atoms with Crippen molar-refractivity contribution in [2.45, 2.75) is 13.8 Å². The fourth-order valence-corrected chi connectivity index (χ4v) is 3.33. The van der Waals surface area contributed by atoms with E-state index >= 15 is 0 Å². The Bertz CT molecular complexity index is 1050. The Morgan fingerprint density at radius 2 is 1.56 bits per heavy atom. The number of aromatic nitrogens is 2. The quantitative estimate of drug-likeness (QED) is 0.454. The molecule has 0 amide bonds. The summed E-state index contributed by atoms with van der Waals surface area (Å²) in [6.45, 7) is 4.26. The largest absolute Gasteiger partial charge is 0.344 e. The number of hydrogen-bond acceptors (Lipinski definition) is 2. The van der Waals surface area contributed by atoms with E-state index in [-0.39, 0.29) is 0 Å². The van der Waals surface area contributed by atoms with Crippen LogP contribution < -0.4 is 4.90 Å². The Morgan fingerprint density at radius 3 is 2.30 bits per heavy atom. The zero-order chi connectivity index (χ0) is 18.8. The molecular weight excluding hydrogens is 330 g/mol. The molecule has 0 bridgehead atoms. The van der Waals surface area contributed by atoms with Crippen LogP contribution in [0.2, 0.25) is 0 Å². The zero-order valence-corrected chi connectivity index (χ0v) is 15.9. The molecular formula is C24H23N3. The van der Waals surface area contributed by atoms with Crippen LogP contribution in [0.3, 0.4) is 0 Å². The molecule has 0 spiro atoms. The average molecular weight is 353 g/mol. The van der Waals surface area contributed by atoms with Gasteiger partial charge >= 0.3 is 0 Å². The maximum absolute atomic E-state index is 4.53. The second-order valence-corrected chi connectivity index (χ2v) is 6.86. The number of para-hydroxylation sites is 1. The van der Waals surface area contributed by atoms with Crippen LogP contribution in [-0.2, 0) is 0 Å². The van der Waals surface area contributed by atoms with Gasteiger partial charge in [0.05, 0.1) is 17.6 Å². The number of anilines is 2. The van der Waals surface area contributed by atoms with Gasteiger partial charge in [-0.25, -0.2) is 4.68 Å². The second-order valence-electron chi connectivity index (χ2n) is 6.86. The van der Waals surface area contributed by atoms with E-state index in [0.717, 1.165) is 16.9 Å². The lowest BCUT2D eigenvalue weighted by Crippen LogP contribution is -2.11. The van der Waals surface area contributed by atoms with Crippen molar-refractivity contribution in [2.75, 3.05) is 11.9 Å². The molecule has 0 saturated heterocycles. The predicted molar refractivity (Wildman–Crippen MR) is 113 cm³/mol. The predicted octanol–water partition coefficient (Wildman–Crippen LogP) is 5.92. The minimum atomic E-state index is 1.06. The van der Waals surface area contributed by atoms with Crippen LogP contribution in [-0.4, -0.2) is 16.8 Å². The molecule has 27 heavy (non-hydrogen) atoms. The molecule has 0 fully saturated rings. The van der Waals surface area contributed by atoms with Crippen molar-refractivity contribution >= 4 is 11.4 Å². The lowest BCUT2D eigenvalue weighted by molar-refractivity contribution is 0.888. The minimum absolute atomic E-state index is 1.06. The van der Waals surface area contributed by atoms with Crippen molar-refractivity contribution in [3.05, 3.63) is 96.2 Å². The smallest absolute Gasteiger partial charge is 0.0741 e. The first-order valence-corrected chi connectivity index (χ1v) is 9.14. The summed E-state index contributed by atoms with van der Waals surface area (Å²) in [5.41, 5.74) is 8.17. The molecule has 0 saturated carbocycles. The van der Waals surface area contributed by atoms with Gasteiger partial charge in [-0.3, -0.25) is 0 Å². The number of hydrogen-bond donors (Lipinski definition) is 0. The summed E-state index contributed by atoms with van der Waals surface area (Å²) in [5, 5.41) is 4.53. The summed E-state index contributed by atoms with van der Waals surface area (Å²) >= 11 is 0. The summed E-state index contributed by atoms with van der Waals surface area (Å²) in [6.07, 6.45) is 1.85. The SMILES string of the molecule is Cc1ccc(N(C)c2cc(-c3ccnn3-c3ccccc3)ccc2C)cc1. The van der Waals surface area contributed by atoms with E-state index in [4.69, 9.17) is 0 Å². The minimum Gasteiger partial charge on any atom is -0.344 e. The summed E-state index contributed by atoms with van der Waals surface area (Å²) in [7, 11) is 2.12. The van der Waals surface area contributed by atoms with Crippen LogP contribution in [0.4, 0.5) is 11.4 Å². The maximum Gasteiger partial charge on any atom is 0.0741 e. The normalized spacial score (nSPS) is 10.8. The van der Waals surface area contributed by atoms with Crippen molar-refractivity contribution in [3.8, 4) is 16.9 Å². The van der Waals surface area contributed by atoms with Gasteiger partial charge in [0.15, 0.2) is 0 Å². The molecule has 3 aromatic carbocycles. The topological polar surface area (TPSA) is 21.1 Å². The van der Waals surface area contributed by atoms with E-state index in [0.29, 0.717) is 0 Å². The molecule has 0 aliphatic carbocycles. The highest BCUT2D eigenvalue weighted by Gasteiger charge is 2.12. The van der Waals surface area contributed by atoms with Crippen molar-refractivity contribution in [1.82, 2.24) is 9.78 Å². The Balaban J connectivity index is 1.76. The summed E-state index contributed by atoms with van der Waals surface area (Å²) < 4.78 is 1.99. The van der Waals surface area contributed by atoms with Crippen LogP contribution >= 0.6 is 0 Å². The molecule has 0 atom stereocenters. The van der Waals surface area contributed by atoms with Crippen LogP contribution in [0.5, 0.6) is 0 Å². The van der Waals surface area contributed by atoms with Crippen molar-refractivity contribution in [1.29, 1.82) is 0 Å².